The van der Waals surface area contributed by atoms with Crippen molar-refractivity contribution in [3.63, 3.8) is 0 Å². The molecule has 0 saturated heterocycles. The number of carbonyl (C=O) groups is 1. The summed E-state index contributed by atoms with van der Waals surface area (Å²) < 4.78 is 0. The third kappa shape index (κ3) is 3.22. The monoisotopic (exact) mass is 256 g/mol. The second-order valence-electron chi connectivity index (χ2n) is 4.28. The molecule has 2 aromatic rings. The third-order valence-corrected chi connectivity index (χ3v) is 2.79. The number of Topliss-reactive ketones (excluding diaryl/α,β-unsaturated/α-hetero) is 1. The normalized spacial score (nSPS) is 10.2. The Morgan fingerprint density at radius 3 is 2.42 bits per heavy atom. The van der Waals surface area contributed by atoms with Crippen LogP contribution in [0.2, 0.25) is 0 Å². The number of benzene rings is 1. The van der Waals surface area contributed by atoms with Crippen molar-refractivity contribution in [1.29, 1.82) is 0 Å². The number of hydrogen-bond donors (Lipinski definition) is 3. The molecule has 1 aromatic heterocycles. The number of hydrogen-bond acceptors (Lipinski definition) is 5. The van der Waals surface area contributed by atoms with Gasteiger partial charge in [-0.15, -0.1) is 0 Å². The van der Waals surface area contributed by atoms with Gasteiger partial charge in [0.05, 0.1) is 5.69 Å². The molecule has 5 nitrogen and oxygen atoms in total. The van der Waals surface area contributed by atoms with Gasteiger partial charge in [-0.3, -0.25) is 4.79 Å². The lowest BCUT2D eigenvalue weighted by Crippen LogP contribution is -2.05. The third-order valence-electron chi connectivity index (χ3n) is 2.79. The number of carbonyl (C=O) groups excluding carboxylic acids is 1. The minimum atomic E-state index is 0.0625. The van der Waals surface area contributed by atoms with Crippen molar-refractivity contribution in [2.24, 2.45) is 0 Å². The molecule has 0 radical (unpaired) electrons. The molecule has 0 aliphatic rings. The van der Waals surface area contributed by atoms with Crippen LogP contribution < -0.4 is 16.8 Å². The summed E-state index contributed by atoms with van der Waals surface area (Å²) in [4.78, 5) is 15.3. The van der Waals surface area contributed by atoms with Gasteiger partial charge in [0.25, 0.3) is 0 Å². The van der Waals surface area contributed by atoms with E-state index in [-0.39, 0.29) is 5.78 Å². The van der Waals surface area contributed by atoms with Crippen LogP contribution in [0.25, 0.3) is 0 Å². The fourth-order valence-corrected chi connectivity index (χ4v) is 1.63. The van der Waals surface area contributed by atoms with E-state index in [2.05, 4.69) is 10.3 Å². The zero-order chi connectivity index (χ0) is 13.8. The van der Waals surface area contributed by atoms with Gasteiger partial charge in [-0.25, -0.2) is 4.98 Å². The molecular weight excluding hydrogens is 240 g/mol. The molecule has 2 rings (SSSR count). The second-order valence-corrected chi connectivity index (χ2v) is 4.28. The lowest BCUT2D eigenvalue weighted by molar-refractivity contribution is 0.101. The molecular formula is C14H16N4O. The largest absolute Gasteiger partial charge is 0.396 e. The number of anilines is 3. The number of nitrogens with zero attached hydrogens (tertiary/aromatic N) is 1. The first-order valence-corrected chi connectivity index (χ1v) is 5.92. The van der Waals surface area contributed by atoms with Crippen LogP contribution in [-0.2, 0) is 6.54 Å². The van der Waals surface area contributed by atoms with E-state index >= 15 is 0 Å². The van der Waals surface area contributed by atoms with Crippen molar-refractivity contribution < 1.29 is 4.79 Å². The molecule has 0 amide bonds. The average Bonchev–Trinajstić information content (AvgIpc) is 2.40. The summed E-state index contributed by atoms with van der Waals surface area (Å²) in [7, 11) is 0. The maximum Gasteiger partial charge on any atom is 0.159 e. The van der Waals surface area contributed by atoms with Gasteiger partial charge >= 0.3 is 0 Å². The number of rotatable bonds is 4. The van der Waals surface area contributed by atoms with E-state index in [9.17, 15) is 4.79 Å². The summed E-state index contributed by atoms with van der Waals surface area (Å²) in [6, 6.07) is 10.9. The van der Waals surface area contributed by atoms with Crippen LogP contribution >= 0.6 is 0 Å². The zero-order valence-corrected chi connectivity index (χ0v) is 10.7. The highest BCUT2D eigenvalue weighted by molar-refractivity contribution is 5.94. The summed E-state index contributed by atoms with van der Waals surface area (Å²) in [5, 5.41) is 3.15. The Bertz CT molecular complexity index is 593. The van der Waals surface area contributed by atoms with Crippen LogP contribution in [-0.4, -0.2) is 10.8 Å². The van der Waals surface area contributed by atoms with Gasteiger partial charge < -0.3 is 16.8 Å². The SMILES string of the molecule is CC(=O)c1ccc(CNc2ccc(N)c(N)n2)cc1. The van der Waals surface area contributed by atoms with Gasteiger partial charge in [-0.2, -0.15) is 0 Å². The van der Waals surface area contributed by atoms with E-state index in [0.717, 1.165) is 5.56 Å². The van der Waals surface area contributed by atoms with Crippen molar-refractivity contribution in [3.05, 3.63) is 47.5 Å². The average molecular weight is 256 g/mol. The molecule has 5 heteroatoms. The van der Waals surface area contributed by atoms with Crippen molar-refractivity contribution in [1.82, 2.24) is 4.98 Å². The first kappa shape index (κ1) is 12.9. The molecule has 5 N–H and O–H groups in total. The summed E-state index contributed by atoms with van der Waals surface area (Å²) in [6.45, 7) is 2.16. The van der Waals surface area contributed by atoms with Crippen molar-refractivity contribution in [2.45, 2.75) is 13.5 Å². The predicted octanol–water partition coefficient (Wildman–Crippen LogP) is 2.06. The Morgan fingerprint density at radius 2 is 1.84 bits per heavy atom. The first-order chi connectivity index (χ1) is 9.06. The molecule has 1 aromatic carbocycles. The second kappa shape index (κ2) is 5.39. The number of nitrogens with two attached hydrogens (primary N) is 2. The van der Waals surface area contributed by atoms with Gasteiger partial charge in [0.1, 0.15) is 11.6 Å². The molecule has 19 heavy (non-hydrogen) atoms. The Kier molecular flexibility index (Phi) is 3.66. The number of nitrogen functional groups attached to an aromatic ring is 2. The van der Waals surface area contributed by atoms with Crippen LogP contribution in [0.1, 0.15) is 22.8 Å². The van der Waals surface area contributed by atoms with Crippen LogP contribution in [0.3, 0.4) is 0 Å². The van der Waals surface area contributed by atoms with E-state index in [1.165, 1.54) is 0 Å². The van der Waals surface area contributed by atoms with E-state index in [1.807, 2.05) is 24.3 Å². The van der Waals surface area contributed by atoms with E-state index < -0.39 is 0 Å². The molecule has 0 aliphatic heterocycles. The maximum absolute atomic E-state index is 11.2. The zero-order valence-electron chi connectivity index (χ0n) is 10.7. The van der Waals surface area contributed by atoms with Gasteiger partial charge in [-0.1, -0.05) is 24.3 Å². The van der Waals surface area contributed by atoms with Gasteiger partial charge in [-0.05, 0) is 24.6 Å². The number of ketones is 1. The highest BCUT2D eigenvalue weighted by Crippen LogP contribution is 2.15. The molecule has 0 unspecified atom stereocenters. The number of aromatic nitrogens is 1. The minimum Gasteiger partial charge on any atom is -0.396 e. The smallest absolute Gasteiger partial charge is 0.159 e. The lowest BCUT2D eigenvalue weighted by Gasteiger charge is -2.07. The lowest BCUT2D eigenvalue weighted by atomic mass is 10.1. The summed E-state index contributed by atoms with van der Waals surface area (Å²) in [5.41, 5.74) is 13.5. The molecule has 98 valence electrons. The van der Waals surface area contributed by atoms with Crippen molar-refractivity contribution in [2.75, 3.05) is 16.8 Å². The Labute approximate surface area is 111 Å². The molecule has 0 bridgehead atoms. The molecule has 0 atom stereocenters. The molecule has 0 spiro atoms. The standard InChI is InChI=1S/C14H16N4O/c1-9(19)11-4-2-10(3-5-11)8-17-13-7-6-12(15)14(16)18-13/h2-7H,8,15H2,1H3,(H3,16,17,18). The van der Waals surface area contributed by atoms with Crippen molar-refractivity contribution >= 4 is 23.1 Å². The number of pyridine rings is 1. The van der Waals surface area contributed by atoms with Crippen molar-refractivity contribution in [3.8, 4) is 0 Å². The summed E-state index contributed by atoms with van der Waals surface area (Å²) >= 11 is 0. The Balaban J connectivity index is 2.01. The molecule has 0 saturated carbocycles. The van der Waals surface area contributed by atoms with Crippen LogP contribution in [0.15, 0.2) is 36.4 Å². The Morgan fingerprint density at radius 1 is 1.16 bits per heavy atom. The van der Waals surface area contributed by atoms with E-state index in [4.69, 9.17) is 11.5 Å². The summed E-state index contributed by atoms with van der Waals surface area (Å²) in [6.07, 6.45) is 0. The van der Waals surface area contributed by atoms with Crippen LogP contribution in [0.4, 0.5) is 17.3 Å². The van der Waals surface area contributed by atoms with Gasteiger partial charge in [0.2, 0.25) is 0 Å². The highest BCUT2D eigenvalue weighted by atomic mass is 16.1. The summed E-state index contributed by atoms with van der Waals surface area (Å²) in [5.74, 6) is 1.05. The van der Waals surface area contributed by atoms with E-state index in [1.54, 1.807) is 19.1 Å². The fourth-order valence-electron chi connectivity index (χ4n) is 1.63. The minimum absolute atomic E-state index is 0.0625. The van der Waals surface area contributed by atoms with Gasteiger partial charge in [0.15, 0.2) is 5.78 Å². The number of nitrogens with one attached hydrogen (secondary N) is 1. The first-order valence-electron chi connectivity index (χ1n) is 5.92. The van der Waals surface area contributed by atoms with E-state index in [0.29, 0.717) is 29.4 Å². The fraction of sp³-hybridized carbons (Fsp3) is 0.143. The quantitative estimate of drug-likeness (QED) is 0.728. The maximum atomic E-state index is 11.2. The molecule has 0 aliphatic carbocycles. The topological polar surface area (TPSA) is 94.0 Å². The Hall–Kier alpha value is -2.56. The van der Waals surface area contributed by atoms with Crippen LogP contribution in [0.5, 0.6) is 0 Å². The van der Waals surface area contributed by atoms with Gasteiger partial charge in [0, 0.05) is 12.1 Å². The predicted molar refractivity (Wildman–Crippen MR) is 76.8 cm³/mol. The molecule has 1 heterocycles. The highest BCUT2D eigenvalue weighted by Gasteiger charge is 2.01. The van der Waals surface area contributed by atoms with Crippen LogP contribution in [0, 0.1) is 0 Å². The molecule has 0 fully saturated rings.